The maximum atomic E-state index is 14.6. The third-order valence-corrected chi connectivity index (χ3v) is 11.3. The zero-order chi connectivity index (χ0) is 41.7. The number of nitrogens with zero attached hydrogens (tertiary/aromatic N) is 3. The van der Waals surface area contributed by atoms with Crippen LogP contribution in [0.3, 0.4) is 0 Å². The van der Waals surface area contributed by atoms with Gasteiger partial charge in [-0.15, -0.1) is 21.5 Å². The van der Waals surface area contributed by atoms with E-state index in [9.17, 15) is 24.0 Å². The van der Waals surface area contributed by atoms with Crippen LogP contribution in [0.1, 0.15) is 40.2 Å². The smallest absolute Gasteiger partial charge is 0.243 e. The Morgan fingerprint density at radius 2 is 1.38 bits per heavy atom. The highest BCUT2D eigenvalue weighted by molar-refractivity contribution is 7.09. The Bertz CT molecular complexity index is 2340. The predicted molar refractivity (Wildman–Crippen MR) is 226 cm³/mol. The fourth-order valence-corrected chi connectivity index (χ4v) is 8.00. The third kappa shape index (κ3) is 11.7. The van der Waals surface area contributed by atoms with Crippen LogP contribution in [0.25, 0.3) is 11.1 Å². The molecule has 2 aliphatic rings. The van der Waals surface area contributed by atoms with Crippen LogP contribution in [0.15, 0.2) is 127 Å². The first-order valence-corrected chi connectivity index (χ1v) is 20.7. The van der Waals surface area contributed by atoms with Crippen LogP contribution in [0.4, 0.5) is 0 Å². The van der Waals surface area contributed by atoms with Crippen LogP contribution in [0.5, 0.6) is 5.75 Å². The second-order valence-corrected chi connectivity index (χ2v) is 15.9. The number of rotatable bonds is 10. The van der Waals surface area contributed by atoms with Crippen LogP contribution in [0, 0.1) is 11.8 Å². The van der Waals surface area contributed by atoms with E-state index in [2.05, 4.69) is 36.6 Å². The van der Waals surface area contributed by atoms with Gasteiger partial charge in [-0.25, -0.2) is 0 Å². The van der Waals surface area contributed by atoms with Gasteiger partial charge in [-0.1, -0.05) is 108 Å². The molecule has 0 spiro atoms. The predicted octanol–water partition coefficient (Wildman–Crippen LogP) is 5.03. The number of benzene rings is 4. The first-order valence-electron chi connectivity index (χ1n) is 19.8. The van der Waals surface area contributed by atoms with Gasteiger partial charge in [0.25, 0.3) is 0 Å². The molecule has 6 aromatic rings. The topological polar surface area (TPSA) is 185 Å². The quantitative estimate of drug-likeness (QED) is 0.147. The highest BCUT2D eigenvalue weighted by atomic mass is 32.1. The Balaban J connectivity index is 1.21. The van der Waals surface area contributed by atoms with E-state index in [1.54, 1.807) is 24.3 Å². The van der Waals surface area contributed by atoms with Gasteiger partial charge < -0.3 is 20.7 Å². The average molecular weight is 824 g/mol. The molecule has 2 aliphatic heterocycles. The lowest BCUT2D eigenvalue weighted by molar-refractivity contribution is -0.135. The van der Waals surface area contributed by atoms with Gasteiger partial charge in [-0.2, -0.15) is 5.21 Å². The van der Waals surface area contributed by atoms with Crippen LogP contribution in [-0.2, 0) is 56.2 Å². The largest absolute Gasteiger partial charge is 0.486 e. The van der Waals surface area contributed by atoms with Crippen molar-refractivity contribution in [3.63, 3.8) is 0 Å². The zero-order valence-corrected chi connectivity index (χ0v) is 33.6. The van der Waals surface area contributed by atoms with Crippen molar-refractivity contribution in [1.82, 2.24) is 36.6 Å². The fraction of sp³-hybridized carbons (Fsp3) is 0.261. The number of nitrogens with one attached hydrogen (secondary N) is 4. The number of ether oxygens (including phenoxy) is 1. The number of aromatic amines is 1. The number of amides is 3. The molecule has 3 amide bonds. The van der Waals surface area contributed by atoms with E-state index >= 15 is 0 Å². The third-order valence-electron chi connectivity index (χ3n) is 10.4. The summed E-state index contributed by atoms with van der Waals surface area (Å²) >= 11 is 1.48. The van der Waals surface area contributed by atoms with E-state index in [1.165, 1.54) is 11.3 Å². The molecule has 13 nitrogen and oxygen atoms in total. The summed E-state index contributed by atoms with van der Waals surface area (Å²) < 4.78 is 5.86. The molecule has 2 aromatic heterocycles. The molecule has 60 heavy (non-hydrogen) atoms. The summed E-state index contributed by atoms with van der Waals surface area (Å²) in [4.78, 5) is 71.5. The summed E-state index contributed by atoms with van der Waals surface area (Å²) in [6.45, 7) is -0.270. The number of thiophene rings is 1. The molecule has 0 unspecified atom stereocenters. The minimum atomic E-state index is -1.12. The second-order valence-electron chi connectivity index (χ2n) is 14.9. The summed E-state index contributed by atoms with van der Waals surface area (Å²) in [7, 11) is 0. The SMILES string of the molecule is O=C1COc2ccc(cc2)C[C@@H](C(=O)NCc2nn[nH]n2)CC(=O)[C@H](Cc2ccccc2)NC(=O)[C@@H](Cc2ccc(-c3ccccc3)cc2)NC(=O)[C@H](Cc2cccs2)C1. The number of hydrogen-bond acceptors (Lipinski definition) is 10. The van der Waals surface area contributed by atoms with Crippen LogP contribution in [0.2, 0.25) is 0 Å². The summed E-state index contributed by atoms with van der Waals surface area (Å²) in [5.74, 6) is -3.01. The molecule has 0 saturated heterocycles. The lowest BCUT2D eigenvalue weighted by atomic mass is 9.89. The number of carbonyl (C=O) groups excluding carboxylic acids is 5. The van der Waals surface area contributed by atoms with Gasteiger partial charge in [-0.05, 0) is 70.7 Å². The Hall–Kier alpha value is -6.80. The lowest BCUT2D eigenvalue weighted by Crippen LogP contribution is -2.54. The first-order chi connectivity index (χ1) is 29.3. The molecule has 8 rings (SSSR count). The number of Topliss-reactive ketones (excluding diaryl/α,β-unsaturated/α-hetero) is 2. The number of hydrogen-bond donors (Lipinski definition) is 4. The minimum absolute atomic E-state index is 0.00774. The van der Waals surface area contributed by atoms with Crippen molar-refractivity contribution in [1.29, 1.82) is 0 Å². The highest BCUT2D eigenvalue weighted by Crippen LogP contribution is 2.23. The molecule has 4 atom stereocenters. The van der Waals surface area contributed by atoms with Gasteiger partial charge in [0, 0.05) is 36.0 Å². The Morgan fingerprint density at radius 1 is 0.700 bits per heavy atom. The molecule has 0 fully saturated rings. The average Bonchev–Trinajstić information content (AvgIpc) is 4.00. The molecule has 14 heteroatoms. The first kappa shape index (κ1) is 41.4. The Labute approximate surface area is 351 Å². The van der Waals surface area contributed by atoms with Crippen molar-refractivity contribution in [3.05, 3.63) is 154 Å². The monoisotopic (exact) mass is 823 g/mol. The van der Waals surface area contributed by atoms with E-state index in [0.717, 1.165) is 32.7 Å². The second kappa shape index (κ2) is 20.3. The molecule has 306 valence electrons. The van der Waals surface area contributed by atoms with Gasteiger partial charge in [-0.3, -0.25) is 24.0 Å². The van der Waals surface area contributed by atoms with E-state index in [4.69, 9.17) is 4.74 Å². The zero-order valence-electron chi connectivity index (χ0n) is 32.8. The Kier molecular flexibility index (Phi) is 14.0. The summed E-state index contributed by atoms with van der Waals surface area (Å²) in [6, 6.07) is 35.6. The number of ketones is 2. The minimum Gasteiger partial charge on any atom is -0.486 e. The number of H-pyrrole nitrogens is 1. The van der Waals surface area contributed by atoms with E-state index in [-0.39, 0.29) is 69.1 Å². The van der Waals surface area contributed by atoms with E-state index in [1.807, 2.05) is 102 Å². The summed E-state index contributed by atoms with van der Waals surface area (Å²) in [5, 5.41) is 24.4. The van der Waals surface area contributed by atoms with Gasteiger partial charge in [0.2, 0.25) is 17.7 Å². The van der Waals surface area contributed by atoms with Crippen molar-refractivity contribution in [2.75, 3.05) is 6.61 Å². The lowest BCUT2D eigenvalue weighted by Gasteiger charge is -2.26. The van der Waals surface area contributed by atoms with Crippen molar-refractivity contribution in [3.8, 4) is 16.9 Å². The van der Waals surface area contributed by atoms with Gasteiger partial charge >= 0.3 is 0 Å². The molecular weight excluding hydrogens is 779 g/mol. The van der Waals surface area contributed by atoms with Crippen molar-refractivity contribution in [2.45, 2.75) is 57.2 Å². The van der Waals surface area contributed by atoms with Crippen LogP contribution < -0.4 is 20.7 Å². The normalized spacial score (nSPS) is 19.3. The maximum Gasteiger partial charge on any atom is 0.243 e. The molecule has 0 saturated carbocycles. The number of carbonyl (C=O) groups is 5. The summed E-state index contributed by atoms with van der Waals surface area (Å²) in [6.07, 6.45) is 0.418. The van der Waals surface area contributed by atoms with Gasteiger partial charge in [0.15, 0.2) is 17.4 Å². The maximum absolute atomic E-state index is 14.6. The van der Waals surface area contributed by atoms with Crippen LogP contribution in [-0.4, -0.2) is 68.6 Å². The van der Waals surface area contributed by atoms with E-state index in [0.29, 0.717) is 5.75 Å². The van der Waals surface area contributed by atoms with Crippen molar-refractivity contribution >= 4 is 40.6 Å². The van der Waals surface area contributed by atoms with Gasteiger partial charge in [0.05, 0.1) is 12.6 Å². The van der Waals surface area contributed by atoms with Gasteiger partial charge in [0.1, 0.15) is 18.4 Å². The molecule has 4 aromatic carbocycles. The highest BCUT2D eigenvalue weighted by Gasteiger charge is 2.33. The molecular formula is C46H45N7O6S. The number of fused-ring (bicyclic) bond motifs is 16. The molecule has 4 heterocycles. The molecule has 2 bridgehead atoms. The molecule has 0 aliphatic carbocycles. The number of tetrazole rings is 1. The van der Waals surface area contributed by atoms with Crippen LogP contribution >= 0.6 is 11.3 Å². The number of aromatic nitrogens is 4. The van der Waals surface area contributed by atoms with Crippen molar-refractivity contribution in [2.24, 2.45) is 11.8 Å². The fourth-order valence-electron chi connectivity index (χ4n) is 7.21. The van der Waals surface area contributed by atoms with Crippen molar-refractivity contribution < 1.29 is 28.7 Å². The van der Waals surface area contributed by atoms with E-state index < -0.39 is 41.6 Å². The molecule has 0 radical (unpaired) electrons. The Morgan fingerprint density at radius 3 is 2.08 bits per heavy atom. The molecule has 4 N–H and O–H groups in total. The standard InChI is InChI=1S/C46H45N7O6S/c54-37-25-36(26-39-12-7-21-60-39)45(57)49-41(24-32-13-17-34(18-14-32)33-10-5-2-6-11-33)46(58)48-40(23-30-8-3-1-4-9-30)42(55)27-35(44(56)47-28-43-50-52-53-51-43)22-31-15-19-38(20-16-31)59-29-37/h1-21,35-36,40-41H,22-29H2,(H,47,56)(H,48,58)(H,49,57)(H,50,51,52,53)/t35-,36+,40+,41-/m1/s1. The summed E-state index contributed by atoms with van der Waals surface area (Å²) in [5.41, 5.74) is 4.36.